The molecule has 2 unspecified atom stereocenters. The highest BCUT2D eigenvalue weighted by molar-refractivity contribution is 7.89. The lowest BCUT2D eigenvalue weighted by Gasteiger charge is -2.06. The lowest BCUT2D eigenvalue weighted by Crippen LogP contribution is -2.19. The van der Waals surface area contributed by atoms with Crippen LogP contribution in [0.5, 0.6) is 0 Å². The number of hydrogen-bond acceptors (Lipinski definition) is 4. The largest absolute Gasteiger partial charge is 0.301 e. The molecule has 2 atom stereocenters. The highest BCUT2D eigenvalue weighted by Crippen LogP contribution is 2.46. The number of nitrogens with two attached hydrogens (primary N) is 1. The average molecular weight is 244 g/mol. The van der Waals surface area contributed by atoms with Gasteiger partial charge in [0.05, 0.1) is 0 Å². The smallest absolute Gasteiger partial charge is 0.273 e. The minimum atomic E-state index is -3.77. The van der Waals surface area contributed by atoms with E-state index in [1.165, 1.54) is 0 Å². The van der Waals surface area contributed by atoms with E-state index in [1.807, 2.05) is 6.92 Å². The Morgan fingerprint density at radius 2 is 2.12 bits per heavy atom. The summed E-state index contributed by atoms with van der Waals surface area (Å²) >= 11 is 0. The van der Waals surface area contributed by atoms with Crippen LogP contribution in [0.25, 0.3) is 0 Å². The van der Waals surface area contributed by atoms with Crippen molar-refractivity contribution in [2.45, 2.75) is 44.3 Å². The topological polar surface area (TPSA) is 90.9 Å². The SMILES string of the molecule is CCCn1c(C2CC2C)nnc1S(N)(=O)=O. The van der Waals surface area contributed by atoms with E-state index in [0.29, 0.717) is 18.4 Å². The molecule has 0 saturated heterocycles. The Balaban J connectivity index is 2.44. The second kappa shape index (κ2) is 3.81. The fraction of sp³-hybridized carbons (Fsp3) is 0.778. The van der Waals surface area contributed by atoms with Gasteiger partial charge in [-0.05, 0) is 18.8 Å². The van der Waals surface area contributed by atoms with Gasteiger partial charge in [-0.1, -0.05) is 13.8 Å². The number of primary sulfonamides is 1. The van der Waals surface area contributed by atoms with Crippen LogP contribution < -0.4 is 5.14 Å². The molecule has 1 saturated carbocycles. The van der Waals surface area contributed by atoms with Gasteiger partial charge in [-0.15, -0.1) is 10.2 Å². The molecule has 1 heterocycles. The Morgan fingerprint density at radius 3 is 2.56 bits per heavy atom. The molecule has 1 aromatic rings. The van der Waals surface area contributed by atoms with E-state index in [-0.39, 0.29) is 5.16 Å². The van der Waals surface area contributed by atoms with Crippen LogP contribution in [0.1, 0.15) is 38.4 Å². The van der Waals surface area contributed by atoms with Crippen LogP contribution in [-0.2, 0) is 16.6 Å². The molecule has 2 rings (SSSR count). The summed E-state index contributed by atoms with van der Waals surface area (Å²) in [6.07, 6.45) is 1.88. The first kappa shape index (κ1) is 11.5. The molecule has 6 nitrogen and oxygen atoms in total. The van der Waals surface area contributed by atoms with Crippen LogP contribution >= 0.6 is 0 Å². The molecule has 16 heavy (non-hydrogen) atoms. The molecule has 90 valence electrons. The summed E-state index contributed by atoms with van der Waals surface area (Å²) in [7, 11) is -3.77. The zero-order chi connectivity index (χ0) is 11.9. The average Bonchev–Trinajstić information content (AvgIpc) is 2.74. The number of nitrogens with zero attached hydrogens (tertiary/aromatic N) is 3. The van der Waals surface area contributed by atoms with Crippen molar-refractivity contribution < 1.29 is 8.42 Å². The van der Waals surface area contributed by atoms with Crippen molar-refractivity contribution in [3.05, 3.63) is 5.82 Å². The van der Waals surface area contributed by atoms with E-state index in [2.05, 4.69) is 17.1 Å². The van der Waals surface area contributed by atoms with E-state index in [1.54, 1.807) is 4.57 Å². The molecule has 2 N–H and O–H groups in total. The second-order valence-corrected chi connectivity index (χ2v) is 5.81. The maximum atomic E-state index is 11.3. The summed E-state index contributed by atoms with van der Waals surface area (Å²) < 4.78 is 24.3. The van der Waals surface area contributed by atoms with Gasteiger partial charge < -0.3 is 4.57 Å². The third-order valence-electron chi connectivity index (χ3n) is 2.89. The molecule has 1 aliphatic rings. The highest BCUT2D eigenvalue weighted by atomic mass is 32.2. The van der Waals surface area contributed by atoms with Crippen molar-refractivity contribution in [3.8, 4) is 0 Å². The number of hydrogen-bond donors (Lipinski definition) is 1. The molecular weight excluding hydrogens is 228 g/mol. The van der Waals surface area contributed by atoms with Crippen molar-refractivity contribution in [1.29, 1.82) is 0 Å². The monoisotopic (exact) mass is 244 g/mol. The van der Waals surface area contributed by atoms with Gasteiger partial charge in [-0.2, -0.15) is 0 Å². The van der Waals surface area contributed by atoms with E-state index in [9.17, 15) is 8.42 Å². The van der Waals surface area contributed by atoms with Crippen molar-refractivity contribution in [2.24, 2.45) is 11.1 Å². The van der Waals surface area contributed by atoms with Gasteiger partial charge in [0.25, 0.3) is 15.2 Å². The zero-order valence-corrected chi connectivity index (χ0v) is 10.2. The molecule has 7 heteroatoms. The molecular formula is C9H16N4O2S. The van der Waals surface area contributed by atoms with Gasteiger partial charge >= 0.3 is 0 Å². The first-order valence-electron chi connectivity index (χ1n) is 5.41. The van der Waals surface area contributed by atoms with E-state index >= 15 is 0 Å². The third-order valence-corrected chi connectivity index (χ3v) is 3.70. The van der Waals surface area contributed by atoms with Crippen LogP contribution in [0, 0.1) is 5.92 Å². The minimum Gasteiger partial charge on any atom is -0.301 e. The fourth-order valence-electron chi connectivity index (χ4n) is 1.90. The molecule has 0 radical (unpaired) electrons. The Hall–Kier alpha value is -0.950. The summed E-state index contributed by atoms with van der Waals surface area (Å²) in [6.45, 7) is 4.69. The predicted molar refractivity (Wildman–Crippen MR) is 58.2 cm³/mol. The molecule has 0 aliphatic heterocycles. The maximum absolute atomic E-state index is 11.3. The molecule has 1 fully saturated rings. The third kappa shape index (κ3) is 1.97. The van der Waals surface area contributed by atoms with Gasteiger partial charge in [0, 0.05) is 12.5 Å². The molecule has 0 aromatic carbocycles. The van der Waals surface area contributed by atoms with Crippen LogP contribution in [0.3, 0.4) is 0 Å². The van der Waals surface area contributed by atoms with Crippen LogP contribution in [0.2, 0.25) is 0 Å². The first-order chi connectivity index (χ1) is 7.45. The summed E-state index contributed by atoms with van der Waals surface area (Å²) in [6, 6.07) is 0. The predicted octanol–water partition coefficient (Wildman–Crippen LogP) is 0.459. The number of aromatic nitrogens is 3. The zero-order valence-electron chi connectivity index (χ0n) is 9.42. The molecule has 1 aliphatic carbocycles. The van der Waals surface area contributed by atoms with Gasteiger partial charge in [-0.3, -0.25) is 0 Å². The Kier molecular flexibility index (Phi) is 2.75. The molecule has 1 aromatic heterocycles. The summed E-state index contributed by atoms with van der Waals surface area (Å²) in [5, 5.41) is 12.7. The van der Waals surface area contributed by atoms with E-state index < -0.39 is 10.0 Å². The quantitative estimate of drug-likeness (QED) is 0.833. The molecule has 0 bridgehead atoms. The molecule has 0 amide bonds. The van der Waals surface area contributed by atoms with E-state index in [4.69, 9.17) is 5.14 Å². The standard InChI is InChI=1S/C9H16N4O2S/c1-3-4-13-8(7-5-6(7)2)11-12-9(13)16(10,14)15/h6-7H,3-5H2,1-2H3,(H2,10,14,15). The van der Waals surface area contributed by atoms with Crippen molar-refractivity contribution >= 4 is 10.0 Å². The van der Waals surface area contributed by atoms with Gasteiger partial charge in [-0.25, -0.2) is 13.6 Å². The van der Waals surface area contributed by atoms with Gasteiger partial charge in [0.1, 0.15) is 5.82 Å². The summed E-state index contributed by atoms with van der Waals surface area (Å²) in [5.74, 6) is 1.67. The van der Waals surface area contributed by atoms with Crippen molar-refractivity contribution in [1.82, 2.24) is 14.8 Å². The Labute approximate surface area is 94.9 Å². The Morgan fingerprint density at radius 1 is 1.50 bits per heavy atom. The van der Waals surface area contributed by atoms with Crippen molar-refractivity contribution in [2.75, 3.05) is 0 Å². The summed E-state index contributed by atoms with van der Waals surface area (Å²) in [4.78, 5) is 0. The van der Waals surface area contributed by atoms with Crippen LogP contribution in [0.15, 0.2) is 5.16 Å². The second-order valence-electron chi connectivity index (χ2n) is 4.36. The van der Waals surface area contributed by atoms with Crippen molar-refractivity contribution in [3.63, 3.8) is 0 Å². The first-order valence-corrected chi connectivity index (χ1v) is 6.95. The van der Waals surface area contributed by atoms with E-state index in [0.717, 1.165) is 18.7 Å². The Bertz CT molecular complexity index is 494. The van der Waals surface area contributed by atoms with Crippen LogP contribution in [0.4, 0.5) is 0 Å². The summed E-state index contributed by atoms with van der Waals surface area (Å²) in [5.41, 5.74) is 0. The number of rotatable bonds is 4. The normalized spacial score (nSPS) is 24.7. The highest BCUT2D eigenvalue weighted by Gasteiger charge is 2.39. The van der Waals surface area contributed by atoms with Gasteiger partial charge in [0.2, 0.25) is 0 Å². The fourth-order valence-corrected chi connectivity index (χ4v) is 2.55. The van der Waals surface area contributed by atoms with Crippen LogP contribution in [-0.4, -0.2) is 23.2 Å². The lowest BCUT2D eigenvalue weighted by atomic mass is 10.3. The van der Waals surface area contributed by atoms with Gasteiger partial charge in [0.15, 0.2) is 0 Å². The lowest BCUT2D eigenvalue weighted by molar-refractivity contribution is 0.546. The number of sulfonamides is 1. The minimum absolute atomic E-state index is 0.108. The maximum Gasteiger partial charge on any atom is 0.273 e. The molecule has 0 spiro atoms.